The Hall–Kier alpha value is -2.80. The van der Waals surface area contributed by atoms with E-state index in [0.29, 0.717) is 28.7 Å². The zero-order valence-corrected chi connectivity index (χ0v) is 22.3. The summed E-state index contributed by atoms with van der Waals surface area (Å²) in [6, 6.07) is 0.457. The summed E-state index contributed by atoms with van der Waals surface area (Å²) in [5.74, 6) is -0.468. The van der Waals surface area contributed by atoms with E-state index in [1.54, 1.807) is 19.1 Å². The fourth-order valence-electron chi connectivity index (χ4n) is 4.83. The number of thiophene rings is 1. The average molecular weight is 601 g/mol. The highest BCUT2D eigenvalue weighted by Crippen LogP contribution is 2.47. The Morgan fingerprint density at radius 1 is 1.41 bits per heavy atom. The predicted molar refractivity (Wildman–Crippen MR) is 134 cm³/mol. The molecule has 0 aromatic carbocycles. The molecule has 0 bridgehead atoms. The minimum atomic E-state index is -4.61. The number of esters is 1. The number of nitrogens with one attached hydrogen (secondary N) is 2. The monoisotopic (exact) mass is 600 g/mol. The van der Waals surface area contributed by atoms with Crippen LogP contribution in [0.2, 0.25) is 0 Å². The van der Waals surface area contributed by atoms with Crippen molar-refractivity contribution in [3.05, 3.63) is 50.3 Å². The average Bonchev–Trinajstić information content (AvgIpc) is 3.55. The first kappa shape index (κ1) is 25.8. The lowest BCUT2D eigenvalue weighted by Gasteiger charge is -2.32. The molecule has 1 aliphatic heterocycles. The minimum Gasteiger partial charge on any atom is -0.467 e. The summed E-state index contributed by atoms with van der Waals surface area (Å²) in [6.45, 7) is 4.00. The summed E-state index contributed by atoms with van der Waals surface area (Å²) in [4.78, 5) is 27.1. The maximum atomic E-state index is 14.0. The van der Waals surface area contributed by atoms with Crippen molar-refractivity contribution in [1.29, 1.82) is 0 Å². The molecule has 5 rings (SSSR count). The molecular formula is C24H24BrF3N4O4S. The third-order valence-electron chi connectivity index (χ3n) is 6.62. The number of aromatic nitrogens is 2. The van der Waals surface area contributed by atoms with Gasteiger partial charge in [0.2, 0.25) is 0 Å². The van der Waals surface area contributed by atoms with Gasteiger partial charge in [-0.3, -0.25) is 4.79 Å². The van der Waals surface area contributed by atoms with Gasteiger partial charge in [0, 0.05) is 11.3 Å². The SMILES string of the molecule is CCOC(=O)c1c(NC(=O)c2nn3c(c2Br)N[C@H](c2ccco2)C[C@H]3C(F)(F)F)sc2c1CC[C@H](C)C2. The van der Waals surface area contributed by atoms with Crippen LogP contribution in [0.25, 0.3) is 0 Å². The number of carbonyl (C=O) groups is 2. The number of rotatable bonds is 5. The largest absolute Gasteiger partial charge is 0.467 e. The Morgan fingerprint density at radius 3 is 2.86 bits per heavy atom. The van der Waals surface area contributed by atoms with Gasteiger partial charge in [-0.1, -0.05) is 6.92 Å². The fraction of sp³-hybridized carbons (Fsp3) is 0.458. The van der Waals surface area contributed by atoms with Gasteiger partial charge in [0.05, 0.1) is 28.9 Å². The summed E-state index contributed by atoms with van der Waals surface area (Å²) in [7, 11) is 0. The van der Waals surface area contributed by atoms with Crippen molar-refractivity contribution in [2.75, 3.05) is 17.2 Å². The Morgan fingerprint density at radius 2 is 2.19 bits per heavy atom. The highest BCUT2D eigenvalue weighted by molar-refractivity contribution is 9.10. The van der Waals surface area contributed by atoms with E-state index in [0.717, 1.165) is 28.0 Å². The molecule has 0 spiro atoms. The molecule has 3 aromatic rings. The van der Waals surface area contributed by atoms with Crippen LogP contribution in [0.4, 0.5) is 24.0 Å². The van der Waals surface area contributed by atoms with Crippen molar-refractivity contribution in [3.8, 4) is 0 Å². The summed E-state index contributed by atoms with van der Waals surface area (Å²) < 4.78 is 53.5. The first-order chi connectivity index (χ1) is 17.6. The van der Waals surface area contributed by atoms with Gasteiger partial charge in [-0.05, 0) is 65.7 Å². The fourth-order valence-corrected chi connectivity index (χ4v) is 6.78. The molecule has 198 valence electrons. The van der Waals surface area contributed by atoms with Gasteiger partial charge in [-0.25, -0.2) is 9.48 Å². The highest BCUT2D eigenvalue weighted by Gasteiger charge is 2.48. The molecule has 8 nitrogen and oxygen atoms in total. The molecule has 4 heterocycles. The number of hydrogen-bond acceptors (Lipinski definition) is 7. The van der Waals surface area contributed by atoms with Crippen molar-refractivity contribution in [2.45, 2.75) is 57.8 Å². The van der Waals surface area contributed by atoms with Crippen LogP contribution in [0, 0.1) is 5.92 Å². The van der Waals surface area contributed by atoms with E-state index in [4.69, 9.17) is 9.15 Å². The standard InChI is InChI=1S/C24H24BrF3N4O4S/c1-3-35-23(34)17-12-7-6-11(2)9-15(12)37-22(17)30-21(33)19-18(25)20-29-13(14-5-4-8-36-14)10-16(24(26,27)28)32(20)31-19/h4-5,8,11,13,16,29H,3,6-7,9-10H2,1-2H3,(H,30,33)/t11-,13-,16-/m0/s1. The summed E-state index contributed by atoms with van der Waals surface area (Å²) in [5.41, 5.74) is 0.943. The molecule has 1 aliphatic carbocycles. The zero-order valence-electron chi connectivity index (χ0n) is 19.9. The highest BCUT2D eigenvalue weighted by atomic mass is 79.9. The zero-order chi connectivity index (χ0) is 26.5. The van der Waals surface area contributed by atoms with Crippen LogP contribution in [0.5, 0.6) is 0 Å². The van der Waals surface area contributed by atoms with Crippen molar-refractivity contribution < 1.29 is 31.9 Å². The van der Waals surface area contributed by atoms with E-state index in [2.05, 4.69) is 38.6 Å². The van der Waals surface area contributed by atoms with Gasteiger partial charge in [0.1, 0.15) is 16.6 Å². The first-order valence-corrected chi connectivity index (χ1v) is 13.5. The number of furan rings is 1. The van der Waals surface area contributed by atoms with E-state index in [1.807, 2.05) is 0 Å². The Balaban J connectivity index is 1.50. The second kappa shape index (κ2) is 9.82. The van der Waals surface area contributed by atoms with Crippen LogP contribution in [0.3, 0.4) is 0 Å². The van der Waals surface area contributed by atoms with Gasteiger partial charge in [-0.15, -0.1) is 11.3 Å². The van der Waals surface area contributed by atoms with Crippen molar-refractivity contribution in [2.24, 2.45) is 5.92 Å². The Bertz CT molecular complexity index is 1330. The van der Waals surface area contributed by atoms with Crippen molar-refractivity contribution in [1.82, 2.24) is 9.78 Å². The van der Waals surface area contributed by atoms with Crippen LogP contribution in [0.1, 0.15) is 75.8 Å². The molecule has 2 aliphatic rings. The number of ether oxygens (including phenoxy) is 1. The molecular weight excluding hydrogens is 577 g/mol. The van der Waals surface area contributed by atoms with Gasteiger partial charge < -0.3 is 19.8 Å². The van der Waals surface area contributed by atoms with Gasteiger partial charge in [0.15, 0.2) is 11.7 Å². The number of hydrogen-bond donors (Lipinski definition) is 2. The third kappa shape index (κ3) is 4.78. The molecule has 37 heavy (non-hydrogen) atoms. The molecule has 0 unspecified atom stereocenters. The third-order valence-corrected chi connectivity index (χ3v) is 8.54. The lowest BCUT2D eigenvalue weighted by Crippen LogP contribution is -2.35. The number of carbonyl (C=O) groups excluding carboxylic acids is 2. The predicted octanol–water partition coefficient (Wildman–Crippen LogP) is 6.51. The van der Waals surface area contributed by atoms with Gasteiger partial charge >= 0.3 is 12.1 Å². The number of fused-ring (bicyclic) bond motifs is 2. The quantitative estimate of drug-likeness (QED) is 0.324. The number of nitrogens with zero attached hydrogens (tertiary/aromatic N) is 2. The molecule has 0 radical (unpaired) electrons. The first-order valence-electron chi connectivity index (χ1n) is 11.9. The van der Waals surface area contributed by atoms with E-state index in [-0.39, 0.29) is 29.0 Å². The molecule has 13 heteroatoms. The molecule has 1 amide bonds. The van der Waals surface area contributed by atoms with E-state index >= 15 is 0 Å². The van der Waals surface area contributed by atoms with Crippen LogP contribution < -0.4 is 10.6 Å². The number of amides is 1. The van der Waals surface area contributed by atoms with Gasteiger partial charge in [-0.2, -0.15) is 18.3 Å². The minimum absolute atomic E-state index is 0.0186. The number of alkyl halides is 3. The molecule has 2 N–H and O–H groups in total. The van der Waals surface area contributed by atoms with Crippen LogP contribution in [-0.2, 0) is 17.6 Å². The Labute approximate surface area is 222 Å². The van der Waals surface area contributed by atoms with Crippen molar-refractivity contribution >= 4 is 50.0 Å². The van der Waals surface area contributed by atoms with E-state index < -0.39 is 30.1 Å². The van der Waals surface area contributed by atoms with Crippen LogP contribution >= 0.6 is 27.3 Å². The summed E-state index contributed by atoms with van der Waals surface area (Å²) >= 11 is 4.58. The second-order valence-electron chi connectivity index (χ2n) is 9.19. The Kier molecular flexibility index (Phi) is 6.86. The lowest BCUT2D eigenvalue weighted by molar-refractivity contribution is -0.174. The lowest BCUT2D eigenvalue weighted by atomic mass is 9.88. The van der Waals surface area contributed by atoms with Crippen LogP contribution in [0.15, 0.2) is 27.3 Å². The van der Waals surface area contributed by atoms with Crippen molar-refractivity contribution in [3.63, 3.8) is 0 Å². The number of halogens is 4. The normalized spacial score (nSPS) is 21.1. The topological polar surface area (TPSA) is 98.4 Å². The maximum absolute atomic E-state index is 14.0. The maximum Gasteiger partial charge on any atom is 0.410 e. The number of anilines is 2. The molecule has 0 saturated heterocycles. The smallest absolute Gasteiger partial charge is 0.410 e. The molecule has 3 atom stereocenters. The van der Waals surface area contributed by atoms with Crippen LogP contribution in [-0.4, -0.2) is 34.4 Å². The van der Waals surface area contributed by atoms with E-state index in [9.17, 15) is 22.8 Å². The molecule has 0 saturated carbocycles. The summed E-state index contributed by atoms with van der Waals surface area (Å²) in [6.07, 6.45) is -1.21. The molecule has 0 fully saturated rings. The second-order valence-corrected chi connectivity index (χ2v) is 11.1. The molecule has 3 aromatic heterocycles. The van der Waals surface area contributed by atoms with Gasteiger partial charge in [0.25, 0.3) is 5.91 Å². The van der Waals surface area contributed by atoms with E-state index in [1.165, 1.54) is 17.6 Å². The summed E-state index contributed by atoms with van der Waals surface area (Å²) in [5, 5.41) is 10.1.